The highest BCUT2D eigenvalue weighted by Gasteiger charge is 2.43. The van der Waals surface area contributed by atoms with Crippen LogP contribution >= 0.6 is 0 Å². The lowest BCUT2D eigenvalue weighted by atomic mass is 9.69. The van der Waals surface area contributed by atoms with Crippen molar-refractivity contribution in [3.8, 4) is 0 Å². The zero-order chi connectivity index (χ0) is 13.9. The summed E-state index contributed by atoms with van der Waals surface area (Å²) < 4.78 is 5.52. The van der Waals surface area contributed by atoms with Crippen molar-refractivity contribution in [3.05, 3.63) is 24.2 Å². The van der Waals surface area contributed by atoms with E-state index in [1.165, 1.54) is 19.3 Å². The van der Waals surface area contributed by atoms with Gasteiger partial charge < -0.3 is 10.2 Å². The molecule has 1 aromatic heterocycles. The van der Waals surface area contributed by atoms with Gasteiger partial charge in [0.15, 0.2) is 0 Å². The molecule has 0 radical (unpaired) electrons. The lowest BCUT2D eigenvalue weighted by Gasteiger charge is -2.51. The normalized spacial score (nSPS) is 31.8. The fourth-order valence-corrected chi connectivity index (χ4v) is 3.76. The molecule has 108 valence electrons. The molecule has 1 aromatic rings. The van der Waals surface area contributed by atoms with Gasteiger partial charge in [-0.3, -0.25) is 4.90 Å². The first-order valence-corrected chi connectivity index (χ1v) is 7.60. The van der Waals surface area contributed by atoms with Gasteiger partial charge in [0.1, 0.15) is 5.76 Å². The molecule has 1 saturated carbocycles. The zero-order valence-corrected chi connectivity index (χ0v) is 12.6. The van der Waals surface area contributed by atoms with Crippen LogP contribution in [0.15, 0.2) is 22.8 Å². The van der Waals surface area contributed by atoms with Crippen LogP contribution in [-0.2, 0) is 6.54 Å². The van der Waals surface area contributed by atoms with Crippen LogP contribution in [-0.4, -0.2) is 23.5 Å². The second kappa shape index (κ2) is 6.10. The molecule has 3 heteroatoms. The smallest absolute Gasteiger partial charge is 0.117 e. The molecule has 3 unspecified atom stereocenters. The Morgan fingerprint density at radius 3 is 2.79 bits per heavy atom. The molecule has 2 N–H and O–H groups in total. The second-order valence-corrected chi connectivity index (χ2v) is 6.18. The van der Waals surface area contributed by atoms with Crippen LogP contribution in [0.25, 0.3) is 0 Å². The van der Waals surface area contributed by atoms with Gasteiger partial charge in [-0.15, -0.1) is 0 Å². The predicted molar refractivity (Wildman–Crippen MR) is 78.8 cm³/mol. The highest BCUT2D eigenvalue weighted by atomic mass is 16.3. The zero-order valence-electron chi connectivity index (χ0n) is 12.6. The largest absolute Gasteiger partial charge is 0.468 e. The maximum atomic E-state index is 6.21. The standard InChI is InChI=1S/C16H28N2O/c1-4-18(11-15-6-5-9-19-15)16(12-17)8-7-13(2)10-14(16)3/h5-6,9,13-14H,4,7-8,10-12,17H2,1-3H3. The van der Waals surface area contributed by atoms with E-state index in [-0.39, 0.29) is 5.54 Å². The Balaban J connectivity index is 2.17. The van der Waals surface area contributed by atoms with E-state index < -0.39 is 0 Å². The topological polar surface area (TPSA) is 42.4 Å². The van der Waals surface area contributed by atoms with Crippen molar-refractivity contribution in [2.75, 3.05) is 13.1 Å². The summed E-state index contributed by atoms with van der Waals surface area (Å²) in [6.07, 6.45) is 5.53. The third-order valence-corrected chi connectivity index (χ3v) is 5.04. The third kappa shape index (κ3) is 2.87. The molecule has 3 nitrogen and oxygen atoms in total. The molecule has 0 aromatic carbocycles. The van der Waals surface area contributed by atoms with Crippen molar-refractivity contribution >= 4 is 0 Å². The molecule has 0 bridgehead atoms. The van der Waals surface area contributed by atoms with Gasteiger partial charge in [-0.25, -0.2) is 0 Å². The summed E-state index contributed by atoms with van der Waals surface area (Å²) in [7, 11) is 0. The maximum Gasteiger partial charge on any atom is 0.117 e. The highest BCUT2D eigenvalue weighted by molar-refractivity contribution is 5.04. The predicted octanol–water partition coefficient (Wildman–Crippen LogP) is 3.26. The van der Waals surface area contributed by atoms with E-state index in [0.29, 0.717) is 5.92 Å². The summed E-state index contributed by atoms with van der Waals surface area (Å²) in [5, 5.41) is 0. The highest BCUT2D eigenvalue weighted by Crippen LogP contribution is 2.40. The number of likely N-dealkylation sites (N-methyl/N-ethyl adjacent to an activating group) is 1. The number of hydrogen-bond acceptors (Lipinski definition) is 3. The average molecular weight is 264 g/mol. The molecule has 2 rings (SSSR count). The van der Waals surface area contributed by atoms with Crippen LogP contribution in [0.3, 0.4) is 0 Å². The van der Waals surface area contributed by atoms with Gasteiger partial charge in [-0.2, -0.15) is 0 Å². The summed E-state index contributed by atoms with van der Waals surface area (Å²) in [5.41, 5.74) is 6.35. The van der Waals surface area contributed by atoms with Gasteiger partial charge in [-0.05, 0) is 49.8 Å². The van der Waals surface area contributed by atoms with Gasteiger partial charge in [0.2, 0.25) is 0 Å². The summed E-state index contributed by atoms with van der Waals surface area (Å²) >= 11 is 0. The number of hydrogen-bond donors (Lipinski definition) is 1. The van der Waals surface area contributed by atoms with Crippen LogP contribution in [0.2, 0.25) is 0 Å². The Bertz CT molecular complexity index is 376. The van der Waals surface area contributed by atoms with E-state index in [9.17, 15) is 0 Å². The van der Waals surface area contributed by atoms with Crippen LogP contribution < -0.4 is 5.73 Å². The molecule has 1 heterocycles. The number of nitrogens with zero attached hydrogens (tertiary/aromatic N) is 1. The first-order chi connectivity index (χ1) is 9.12. The first kappa shape index (κ1) is 14.6. The van der Waals surface area contributed by atoms with Crippen LogP contribution in [0.1, 0.15) is 45.8 Å². The molecule has 0 spiro atoms. The number of furan rings is 1. The molecular formula is C16H28N2O. The number of nitrogens with two attached hydrogens (primary N) is 1. The molecule has 3 atom stereocenters. The minimum Gasteiger partial charge on any atom is -0.468 e. The van der Waals surface area contributed by atoms with E-state index in [1.807, 2.05) is 6.07 Å². The number of rotatable bonds is 5. The SMILES string of the molecule is CCN(Cc1ccco1)C1(CN)CCC(C)CC1C. The molecule has 0 saturated heterocycles. The minimum atomic E-state index is 0.147. The molecule has 1 aliphatic carbocycles. The molecule has 0 amide bonds. The van der Waals surface area contributed by atoms with Crippen molar-refractivity contribution in [2.24, 2.45) is 17.6 Å². The van der Waals surface area contributed by atoms with Crippen LogP contribution in [0.4, 0.5) is 0 Å². The molecular weight excluding hydrogens is 236 g/mol. The summed E-state index contributed by atoms with van der Waals surface area (Å²) in [6, 6.07) is 4.02. The van der Waals surface area contributed by atoms with E-state index in [2.05, 4.69) is 31.7 Å². The Morgan fingerprint density at radius 1 is 1.47 bits per heavy atom. The molecule has 1 fully saturated rings. The third-order valence-electron chi connectivity index (χ3n) is 5.04. The van der Waals surface area contributed by atoms with Crippen molar-refractivity contribution in [2.45, 2.75) is 52.1 Å². The van der Waals surface area contributed by atoms with Crippen molar-refractivity contribution in [1.29, 1.82) is 0 Å². The van der Waals surface area contributed by atoms with Gasteiger partial charge in [0, 0.05) is 12.1 Å². The van der Waals surface area contributed by atoms with E-state index in [4.69, 9.17) is 10.2 Å². The van der Waals surface area contributed by atoms with Gasteiger partial charge in [0.25, 0.3) is 0 Å². The van der Waals surface area contributed by atoms with E-state index in [0.717, 1.165) is 31.3 Å². The van der Waals surface area contributed by atoms with Crippen molar-refractivity contribution < 1.29 is 4.42 Å². The van der Waals surface area contributed by atoms with E-state index in [1.54, 1.807) is 6.26 Å². The Labute approximate surface area is 117 Å². The maximum absolute atomic E-state index is 6.21. The quantitative estimate of drug-likeness (QED) is 0.887. The van der Waals surface area contributed by atoms with Crippen LogP contribution in [0, 0.1) is 11.8 Å². The Kier molecular flexibility index (Phi) is 4.69. The monoisotopic (exact) mass is 264 g/mol. The Morgan fingerprint density at radius 2 is 2.26 bits per heavy atom. The first-order valence-electron chi connectivity index (χ1n) is 7.60. The van der Waals surface area contributed by atoms with Crippen molar-refractivity contribution in [3.63, 3.8) is 0 Å². The lowest BCUT2D eigenvalue weighted by Crippen LogP contribution is -2.59. The fourth-order valence-electron chi connectivity index (χ4n) is 3.76. The average Bonchev–Trinajstić information content (AvgIpc) is 2.90. The lowest BCUT2D eigenvalue weighted by molar-refractivity contribution is -0.00649. The summed E-state index contributed by atoms with van der Waals surface area (Å²) in [5.74, 6) is 2.52. The minimum absolute atomic E-state index is 0.147. The molecule has 19 heavy (non-hydrogen) atoms. The molecule has 1 aliphatic rings. The van der Waals surface area contributed by atoms with E-state index >= 15 is 0 Å². The molecule has 0 aliphatic heterocycles. The van der Waals surface area contributed by atoms with Crippen LogP contribution in [0.5, 0.6) is 0 Å². The second-order valence-electron chi connectivity index (χ2n) is 6.18. The van der Waals surface area contributed by atoms with Gasteiger partial charge in [-0.1, -0.05) is 20.8 Å². The fraction of sp³-hybridized carbons (Fsp3) is 0.750. The van der Waals surface area contributed by atoms with Gasteiger partial charge in [0.05, 0.1) is 12.8 Å². The summed E-state index contributed by atoms with van der Waals surface area (Å²) in [4.78, 5) is 2.53. The summed E-state index contributed by atoms with van der Waals surface area (Å²) in [6.45, 7) is 9.60. The Hall–Kier alpha value is -0.800. The van der Waals surface area contributed by atoms with Crippen molar-refractivity contribution in [1.82, 2.24) is 4.90 Å². The van der Waals surface area contributed by atoms with Gasteiger partial charge >= 0.3 is 0 Å².